The molecular formula is C25H21N3OS. The molecule has 5 heteroatoms. The highest BCUT2D eigenvalue weighted by Gasteiger charge is 2.42. The van der Waals surface area contributed by atoms with Gasteiger partial charge in [-0.15, -0.1) is 0 Å². The molecule has 0 bridgehead atoms. The monoisotopic (exact) mass is 411 g/mol. The molecule has 0 spiro atoms. The first-order valence-electron chi connectivity index (χ1n) is 9.93. The molecule has 2 aromatic carbocycles. The van der Waals surface area contributed by atoms with Gasteiger partial charge in [0.15, 0.2) is 5.11 Å². The Morgan fingerprint density at radius 1 is 0.933 bits per heavy atom. The summed E-state index contributed by atoms with van der Waals surface area (Å²) in [5, 5.41) is 4.14. The molecule has 1 saturated heterocycles. The third-order valence-corrected chi connectivity index (χ3v) is 5.67. The second-order valence-corrected chi connectivity index (χ2v) is 7.79. The van der Waals surface area contributed by atoms with Crippen LogP contribution in [0, 0.1) is 6.92 Å². The van der Waals surface area contributed by atoms with Crippen molar-refractivity contribution in [3.05, 3.63) is 108 Å². The van der Waals surface area contributed by atoms with Crippen molar-refractivity contribution in [2.45, 2.75) is 19.0 Å². The summed E-state index contributed by atoms with van der Waals surface area (Å²) in [4.78, 5) is 6.73. The van der Waals surface area contributed by atoms with Gasteiger partial charge in [0.2, 0.25) is 0 Å². The van der Waals surface area contributed by atoms with Crippen LogP contribution in [0.3, 0.4) is 0 Å². The van der Waals surface area contributed by atoms with Gasteiger partial charge in [0.05, 0.1) is 11.7 Å². The van der Waals surface area contributed by atoms with Gasteiger partial charge in [0, 0.05) is 17.4 Å². The number of benzene rings is 2. The van der Waals surface area contributed by atoms with Gasteiger partial charge < -0.3 is 14.6 Å². The summed E-state index contributed by atoms with van der Waals surface area (Å²) in [7, 11) is 0. The van der Waals surface area contributed by atoms with Crippen molar-refractivity contribution in [1.29, 1.82) is 0 Å². The minimum absolute atomic E-state index is 0.117. The molecule has 0 aliphatic carbocycles. The van der Waals surface area contributed by atoms with Gasteiger partial charge >= 0.3 is 0 Å². The summed E-state index contributed by atoms with van der Waals surface area (Å²) in [6.45, 7) is 2.09. The summed E-state index contributed by atoms with van der Waals surface area (Å²) in [6.07, 6.45) is 1.81. The average molecular weight is 412 g/mol. The van der Waals surface area contributed by atoms with E-state index in [1.165, 1.54) is 5.56 Å². The van der Waals surface area contributed by atoms with E-state index in [0.29, 0.717) is 5.11 Å². The third kappa shape index (κ3) is 3.37. The van der Waals surface area contributed by atoms with Gasteiger partial charge in [-0.1, -0.05) is 48.5 Å². The lowest BCUT2D eigenvalue weighted by Crippen LogP contribution is -2.29. The van der Waals surface area contributed by atoms with Crippen molar-refractivity contribution in [3.63, 3.8) is 0 Å². The fourth-order valence-corrected chi connectivity index (χ4v) is 4.31. The van der Waals surface area contributed by atoms with Crippen molar-refractivity contribution in [3.8, 4) is 11.3 Å². The van der Waals surface area contributed by atoms with Crippen molar-refractivity contribution in [2.75, 3.05) is 4.90 Å². The number of hydrogen-bond acceptors (Lipinski definition) is 3. The molecule has 1 aliphatic rings. The van der Waals surface area contributed by atoms with Crippen LogP contribution in [-0.2, 0) is 0 Å². The number of thiocarbonyl (C=S) groups is 1. The molecule has 1 fully saturated rings. The van der Waals surface area contributed by atoms with Gasteiger partial charge in [-0.3, -0.25) is 4.98 Å². The Kier molecular flexibility index (Phi) is 4.81. The Morgan fingerprint density at radius 2 is 1.77 bits per heavy atom. The van der Waals surface area contributed by atoms with Crippen LogP contribution < -0.4 is 10.2 Å². The Morgan fingerprint density at radius 3 is 2.53 bits per heavy atom. The van der Waals surface area contributed by atoms with Crippen LogP contribution >= 0.6 is 12.2 Å². The first kappa shape index (κ1) is 18.6. The molecule has 0 amide bonds. The molecule has 0 radical (unpaired) electrons. The van der Waals surface area contributed by atoms with E-state index in [9.17, 15) is 0 Å². The van der Waals surface area contributed by atoms with Crippen LogP contribution in [0.5, 0.6) is 0 Å². The summed E-state index contributed by atoms with van der Waals surface area (Å²) >= 11 is 5.77. The molecule has 4 nitrogen and oxygen atoms in total. The van der Waals surface area contributed by atoms with E-state index in [-0.39, 0.29) is 12.1 Å². The van der Waals surface area contributed by atoms with Gasteiger partial charge in [-0.05, 0) is 61.1 Å². The van der Waals surface area contributed by atoms with E-state index in [1.54, 1.807) is 0 Å². The van der Waals surface area contributed by atoms with Crippen molar-refractivity contribution >= 4 is 23.0 Å². The lowest BCUT2D eigenvalue weighted by molar-refractivity contribution is 0.439. The molecule has 0 saturated carbocycles. The summed E-state index contributed by atoms with van der Waals surface area (Å²) in [5.74, 6) is 1.69. The first-order chi connectivity index (χ1) is 14.7. The van der Waals surface area contributed by atoms with E-state index in [2.05, 4.69) is 58.5 Å². The third-order valence-electron chi connectivity index (χ3n) is 5.35. The van der Waals surface area contributed by atoms with E-state index < -0.39 is 0 Å². The zero-order valence-corrected chi connectivity index (χ0v) is 17.3. The predicted molar refractivity (Wildman–Crippen MR) is 123 cm³/mol. The van der Waals surface area contributed by atoms with Gasteiger partial charge in [0.25, 0.3) is 0 Å². The van der Waals surface area contributed by atoms with Gasteiger partial charge in [0.1, 0.15) is 17.6 Å². The van der Waals surface area contributed by atoms with Crippen LogP contribution in [0.2, 0.25) is 0 Å². The van der Waals surface area contributed by atoms with Crippen LogP contribution in [-0.4, -0.2) is 10.1 Å². The maximum absolute atomic E-state index is 6.37. The number of pyridine rings is 1. The second-order valence-electron chi connectivity index (χ2n) is 7.40. The Balaban J connectivity index is 1.61. The lowest BCUT2D eigenvalue weighted by Gasteiger charge is -2.26. The highest BCUT2D eigenvalue weighted by Crippen LogP contribution is 2.42. The molecular weight excluding hydrogens is 390 g/mol. The normalized spacial score (nSPS) is 18.4. The number of furan rings is 1. The SMILES string of the molecule is Cc1cccc(N2C(=S)N[C@@H](c3ccccn3)[C@H]2c2ccc(-c3ccccc3)o2)c1. The quantitative estimate of drug-likeness (QED) is 0.428. The Hall–Kier alpha value is -3.44. The molecule has 2 atom stereocenters. The van der Waals surface area contributed by atoms with E-state index in [0.717, 1.165) is 28.5 Å². The number of nitrogens with one attached hydrogen (secondary N) is 1. The number of nitrogens with zero attached hydrogens (tertiary/aromatic N) is 2. The van der Waals surface area contributed by atoms with Crippen molar-refractivity contribution in [1.82, 2.24) is 10.3 Å². The lowest BCUT2D eigenvalue weighted by atomic mass is 10.0. The standard InChI is InChI=1S/C25H21N3OS/c1-17-8-7-11-19(16-17)28-24(23(27-25(28)30)20-12-5-6-15-26-20)22-14-13-21(29-22)18-9-3-2-4-10-18/h2-16,23-24H,1H3,(H,27,30)/t23-,24+/m0/s1. The summed E-state index contributed by atoms with van der Waals surface area (Å²) in [6, 6.07) is 28.2. The topological polar surface area (TPSA) is 41.3 Å². The molecule has 1 aliphatic heterocycles. The van der Waals surface area contributed by atoms with Crippen LogP contribution in [0.1, 0.15) is 29.1 Å². The molecule has 0 unspecified atom stereocenters. The number of rotatable bonds is 4. The van der Waals surface area contributed by atoms with Gasteiger partial charge in [-0.25, -0.2) is 0 Å². The average Bonchev–Trinajstić information content (AvgIpc) is 3.39. The maximum Gasteiger partial charge on any atom is 0.174 e. The van der Waals surface area contributed by atoms with Crippen molar-refractivity contribution < 1.29 is 4.42 Å². The highest BCUT2D eigenvalue weighted by molar-refractivity contribution is 7.80. The number of anilines is 1. The molecule has 4 aromatic rings. The second kappa shape index (κ2) is 7.76. The highest BCUT2D eigenvalue weighted by atomic mass is 32.1. The minimum Gasteiger partial charge on any atom is -0.459 e. The molecule has 1 N–H and O–H groups in total. The fraction of sp³-hybridized carbons (Fsp3) is 0.120. The molecule has 148 valence electrons. The fourth-order valence-electron chi connectivity index (χ4n) is 3.97. The summed E-state index contributed by atoms with van der Waals surface area (Å²) in [5.41, 5.74) is 4.19. The number of hydrogen-bond donors (Lipinski definition) is 1. The zero-order chi connectivity index (χ0) is 20.5. The number of aromatic nitrogens is 1. The van der Waals surface area contributed by atoms with E-state index in [1.807, 2.05) is 54.7 Å². The van der Waals surface area contributed by atoms with Crippen molar-refractivity contribution in [2.24, 2.45) is 0 Å². The first-order valence-corrected chi connectivity index (χ1v) is 10.3. The molecule has 2 aromatic heterocycles. The van der Waals surface area contributed by atoms with Gasteiger partial charge in [-0.2, -0.15) is 0 Å². The van der Waals surface area contributed by atoms with Crippen LogP contribution in [0.4, 0.5) is 5.69 Å². The maximum atomic E-state index is 6.37. The molecule has 3 heterocycles. The Bertz CT molecular complexity index is 1170. The van der Waals surface area contributed by atoms with E-state index in [4.69, 9.17) is 16.6 Å². The van der Waals surface area contributed by atoms with E-state index >= 15 is 0 Å². The summed E-state index contributed by atoms with van der Waals surface area (Å²) < 4.78 is 6.37. The largest absolute Gasteiger partial charge is 0.459 e. The number of aryl methyl sites for hydroxylation is 1. The van der Waals surface area contributed by atoms with Crippen LogP contribution in [0.25, 0.3) is 11.3 Å². The zero-order valence-electron chi connectivity index (χ0n) is 16.5. The smallest absolute Gasteiger partial charge is 0.174 e. The Labute approximate surface area is 181 Å². The molecule has 5 rings (SSSR count). The predicted octanol–water partition coefficient (Wildman–Crippen LogP) is 5.83. The molecule has 30 heavy (non-hydrogen) atoms. The minimum atomic E-state index is -0.147. The van der Waals surface area contributed by atoms with Crippen LogP contribution in [0.15, 0.2) is 95.5 Å².